The maximum atomic E-state index is 11.3. The third-order valence-corrected chi connectivity index (χ3v) is 3.14. The molecule has 0 radical (unpaired) electrons. The number of furan rings is 1. The lowest BCUT2D eigenvalue weighted by Gasteiger charge is -2.18. The van der Waals surface area contributed by atoms with Crippen molar-refractivity contribution in [1.29, 1.82) is 0 Å². The second-order valence-electron chi connectivity index (χ2n) is 4.62. The fourth-order valence-corrected chi connectivity index (χ4v) is 1.88. The Morgan fingerprint density at radius 2 is 2.39 bits per heavy atom. The van der Waals surface area contributed by atoms with Crippen LogP contribution in [-0.4, -0.2) is 30.6 Å². The Morgan fingerprint density at radius 3 is 2.94 bits per heavy atom. The summed E-state index contributed by atoms with van der Waals surface area (Å²) in [6.45, 7) is 3.33. The molecule has 0 atom stereocenters. The summed E-state index contributed by atoms with van der Waals surface area (Å²) in [5.74, 6) is 0.703. The molecule has 4 heteroatoms. The summed E-state index contributed by atoms with van der Waals surface area (Å²) in [6, 6.07) is 4.50. The lowest BCUT2D eigenvalue weighted by atomic mass is 10.2. The summed E-state index contributed by atoms with van der Waals surface area (Å²) in [7, 11) is 1.40. The molecule has 1 aliphatic carbocycles. The van der Waals surface area contributed by atoms with Crippen LogP contribution in [0, 0.1) is 0 Å². The first-order valence-corrected chi connectivity index (χ1v) is 6.22. The SMILES string of the molecule is COC(=O)C(C)=CCN(Cc1ccco1)C1CC1. The van der Waals surface area contributed by atoms with Crippen molar-refractivity contribution in [2.24, 2.45) is 0 Å². The van der Waals surface area contributed by atoms with Gasteiger partial charge >= 0.3 is 5.97 Å². The number of methoxy groups -OCH3 is 1. The minimum absolute atomic E-state index is 0.260. The molecule has 0 N–H and O–H groups in total. The first kappa shape index (κ1) is 12.9. The monoisotopic (exact) mass is 249 g/mol. The number of hydrogen-bond donors (Lipinski definition) is 0. The molecule has 0 amide bonds. The van der Waals surface area contributed by atoms with Crippen LogP contribution in [0.4, 0.5) is 0 Å². The second kappa shape index (κ2) is 5.87. The van der Waals surface area contributed by atoms with Crippen LogP contribution >= 0.6 is 0 Å². The van der Waals surface area contributed by atoms with Gasteiger partial charge in [0.1, 0.15) is 5.76 Å². The normalized spacial score (nSPS) is 16.1. The summed E-state index contributed by atoms with van der Waals surface area (Å²) in [5.41, 5.74) is 0.655. The molecule has 0 unspecified atom stereocenters. The van der Waals surface area contributed by atoms with Crippen LogP contribution in [-0.2, 0) is 16.1 Å². The fraction of sp³-hybridized carbons (Fsp3) is 0.500. The maximum absolute atomic E-state index is 11.3. The average Bonchev–Trinajstić information content (AvgIpc) is 3.11. The molecular weight excluding hydrogens is 230 g/mol. The Morgan fingerprint density at radius 1 is 1.61 bits per heavy atom. The van der Waals surface area contributed by atoms with Gasteiger partial charge in [-0.05, 0) is 31.9 Å². The predicted octanol–water partition coefficient (Wildman–Crippen LogP) is 2.36. The van der Waals surface area contributed by atoms with Gasteiger partial charge < -0.3 is 9.15 Å². The molecule has 0 bridgehead atoms. The van der Waals surface area contributed by atoms with Gasteiger partial charge in [0, 0.05) is 18.2 Å². The summed E-state index contributed by atoms with van der Waals surface area (Å²) >= 11 is 0. The number of nitrogens with zero attached hydrogens (tertiary/aromatic N) is 1. The lowest BCUT2D eigenvalue weighted by Crippen LogP contribution is -2.26. The van der Waals surface area contributed by atoms with Crippen LogP contribution in [0.25, 0.3) is 0 Å². The number of hydrogen-bond acceptors (Lipinski definition) is 4. The first-order chi connectivity index (χ1) is 8.70. The van der Waals surface area contributed by atoms with E-state index in [-0.39, 0.29) is 5.97 Å². The van der Waals surface area contributed by atoms with Crippen molar-refractivity contribution >= 4 is 5.97 Å². The molecule has 1 saturated carbocycles. The Kier molecular flexibility index (Phi) is 4.20. The number of rotatable bonds is 6. The molecule has 4 nitrogen and oxygen atoms in total. The van der Waals surface area contributed by atoms with Crippen molar-refractivity contribution in [3.8, 4) is 0 Å². The fourth-order valence-electron chi connectivity index (χ4n) is 1.88. The van der Waals surface area contributed by atoms with Crippen molar-refractivity contribution in [3.63, 3.8) is 0 Å². The zero-order chi connectivity index (χ0) is 13.0. The van der Waals surface area contributed by atoms with Gasteiger partial charge in [-0.3, -0.25) is 4.90 Å². The van der Waals surface area contributed by atoms with E-state index < -0.39 is 0 Å². The smallest absolute Gasteiger partial charge is 0.333 e. The molecule has 0 aromatic carbocycles. The van der Waals surface area contributed by atoms with Gasteiger partial charge in [0.2, 0.25) is 0 Å². The topological polar surface area (TPSA) is 42.7 Å². The van der Waals surface area contributed by atoms with E-state index in [1.807, 2.05) is 18.2 Å². The molecule has 2 rings (SSSR count). The lowest BCUT2D eigenvalue weighted by molar-refractivity contribution is -0.136. The number of carbonyl (C=O) groups is 1. The van der Waals surface area contributed by atoms with Gasteiger partial charge in [0.25, 0.3) is 0 Å². The van der Waals surface area contributed by atoms with Crippen LogP contribution in [0.3, 0.4) is 0 Å². The molecule has 0 spiro atoms. The first-order valence-electron chi connectivity index (χ1n) is 6.22. The highest BCUT2D eigenvalue weighted by atomic mass is 16.5. The van der Waals surface area contributed by atoms with E-state index in [1.165, 1.54) is 20.0 Å². The van der Waals surface area contributed by atoms with E-state index in [0.29, 0.717) is 11.6 Å². The molecule has 0 aliphatic heterocycles. The molecule has 1 heterocycles. The maximum Gasteiger partial charge on any atom is 0.333 e. The van der Waals surface area contributed by atoms with Crippen molar-refractivity contribution < 1.29 is 13.9 Å². The Hall–Kier alpha value is -1.55. The highest BCUT2D eigenvalue weighted by Gasteiger charge is 2.28. The van der Waals surface area contributed by atoms with E-state index in [9.17, 15) is 4.79 Å². The second-order valence-corrected chi connectivity index (χ2v) is 4.62. The van der Waals surface area contributed by atoms with E-state index in [4.69, 9.17) is 4.42 Å². The molecular formula is C14H19NO3. The highest BCUT2D eigenvalue weighted by molar-refractivity contribution is 5.87. The van der Waals surface area contributed by atoms with E-state index >= 15 is 0 Å². The summed E-state index contributed by atoms with van der Waals surface area (Å²) in [4.78, 5) is 13.6. The highest BCUT2D eigenvalue weighted by Crippen LogP contribution is 2.28. The third kappa shape index (κ3) is 3.47. The van der Waals surface area contributed by atoms with E-state index in [0.717, 1.165) is 18.8 Å². The average molecular weight is 249 g/mol. The number of ether oxygens (including phenoxy) is 1. The molecule has 1 fully saturated rings. The molecule has 98 valence electrons. The van der Waals surface area contributed by atoms with Gasteiger partial charge in [-0.2, -0.15) is 0 Å². The predicted molar refractivity (Wildman–Crippen MR) is 67.9 cm³/mol. The summed E-state index contributed by atoms with van der Waals surface area (Å²) in [6.07, 6.45) is 6.07. The van der Waals surface area contributed by atoms with Gasteiger partial charge in [0.15, 0.2) is 0 Å². The van der Waals surface area contributed by atoms with Gasteiger partial charge in [-0.25, -0.2) is 4.79 Å². The summed E-state index contributed by atoms with van der Waals surface area (Å²) < 4.78 is 10.0. The van der Waals surface area contributed by atoms with E-state index in [2.05, 4.69) is 9.64 Å². The number of carbonyl (C=O) groups excluding carboxylic acids is 1. The van der Waals surface area contributed by atoms with E-state index in [1.54, 1.807) is 13.2 Å². The van der Waals surface area contributed by atoms with Crippen LogP contribution in [0.5, 0.6) is 0 Å². The minimum atomic E-state index is -0.260. The van der Waals surface area contributed by atoms with Gasteiger partial charge in [0.05, 0.1) is 19.9 Å². The van der Waals surface area contributed by atoms with Crippen LogP contribution < -0.4 is 0 Å². The molecule has 0 saturated heterocycles. The van der Waals surface area contributed by atoms with Crippen LogP contribution in [0.2, 0.25) is 0 Å². The van der Waals surface area contributed by atoms with Crippen LogP contribution in [0.1, 0.15) is 25.5 Å². The third-order valence-electron chi connectivity index (χ3n) is 3.14. The minimum Gasteiger partial charge on any atom is -0.468 e. The molecule has 1 aromatic rings. The molecule has 1 aromatic heterocycles. The Labute approximate surface area is 107 Å². The quantitative estimate of drug-likeness (QED) is 0.573. The van der Waals surface area contributed by atoms with Gasteiger partial charge in [-0.1, -0.05) is 6.08 Å². The van der Waals surface area contributed by atoms with Crippen LogP contribution in [0.15, 0.2) is 34.5 Å². The standard InChI is InChI=1S/C14H19NO3/c1-11(14(16)17-2)7-8-15(12-5-6-12)10-13-4-3-9-18-13/h3-4,7,9,12H,5-6,8,10H2,1-2H3. The van der Waals surface area contributed by atoms with Crippen molar-refractivity contribution in [2.45, 2.75) is 32.4 Å². The largest absolute Gasteiger partial charge is 0.468 e. The Bertz CT molecular complexity index is 418. The zero-order valence-electron chi connectivity index (χ0n) is 10.9. The molecule has 18 heavy (non-hydrogen) atoms. The number of esters is 1. The van der Waals surface area contributed by atoms with Gasteiger partial charge in [-0.15, -0.1) is 0 Å². The zero-order valence-corrected chi connectivity index (χ0v) is 10.9. The summed E-state index contributed by atoms with van der Waals surface area (Å²) in [5, 5.41) is 0. The van der Waals surface area contributed by atoms with Crippen molar-refractivity contribution in [2.75, 3.05) is 13.7 Å². The van der Waals surface area contributed by atoms with Crippen molar-refractivity contribution in [3.05, 3.63) is 35.8 Å². The van der Waals surface area contributed by atoms with Crippen molar-refractivity contribution in [1.82, 2.24) is 4.90 Å². The molecule has 1 aliphatic rings. The Balaban J connectivity index is 1.92.